The summed E-state index contributed by atoms with van der Waals surface area (Å²) in [5.74, 6) is 0.159. The first-order valence-electron chi connectivity index (χ1n) is 9.10. The highest BCUT2D eigenvalue weighted by molar-refractivity contribution is 5.81. The number of benzene rings is 1. The van der Waals surface area contributed by atoms with Gasteiger partial charge in [-0.05, 0) is 37.8 Å². The van der Waals surface area contributed by atoms with Gasteiger partial charge in [-0.15, -0.1) is 0 Å². The number of piperidine rings is 1. The van der Waals surface area contributed by atoms with Crippen molar-refractivity contribution >= 4 is 11.6 Å². The second-order valence-corrected chi connectivity index (χ2v) is 7.15. The molecule has 5 heteroatoms. The highest BCUT2D eigenvalue weighted by Gasteiger charge is 2.43. The van der Waals surface area contributed by atoms with Crippen LogP contribution in [0.3, 0.4) is 0 Å². The van der Waals surface area contributed by atoms with Gasteiger partial charge in [0.25, 0.3) is 5.91 Å². The van der Waals surface area contributed by atoms with Crippen LogP contribution in [-0.4, -0.2) is 61.9 Å². The summed E-state index contributed by atoms with van der Waals surface area (Å²) in [6.07, 6.45) is 3.74. The number of amides is 1. The van der Waals surface area contributed by atoms with Crippen molar-refractivity contribution in [1.29, 1.82) is 0 Å². The highest BCUT2D eigenvalue weighted by Crippen LogP contribution is 2.32. The summed E-state index contributed by atoms with van der Waals surface area (Å²) in [5.41, 5.74) is 1.00. The van der Waals surface area contributed by atoms with Crippen LogP contribution in [0.5, 0.6) is 0 Å². The van der Waals surface area contributed by atoms with Gasteiger partial charge in [0.1, 0.15) is 11.7 Å². The van der Waals surface area contributed by atoms with Crippen molar-refractivity contribution in [3.8, 4) is 0 Å². The molecule has 0 N–H and O–H groups in total. The molecular weight excluding hydrogens is 304 g/mol. The lowest BCUT2D eigenvalue weighted by Crippen LogP contribution is -2.61. The number of ether oxygens (including phenoxy) is 2. The molecule has 1 aromatic carbocycles. The first-order valence-corrected chi connectivity index (χ1v) is 9.10. The van der Waals surface area contributed by atoms with Crippen LogP contribution in [0.25, 0.3) is 0 Å². The fourth-order valence-electron chi connectivity index (χ4n) is 4.21. The van der Waals surface area contributed by atoms with Crippen molar-refractivity contribution in [3.63, 3.8) is 0 Å². The molecule has 3 aliphatic heterocycles. The number of rotatable bonds is 2. The van der Waals surface area contributed by atoms with E-state index in [-0.39, 0.29) is 17.6 Å². The molecule has 5 nitrogen and oxygen atoms in total. The van der Waals surface area contributed by atoms with E-state index in [4.69, 9.17) is 9.47 Å². The number of para-hydroxylation sites is 1. The molecule has 0 aromatic heterocycles. The van der Waals surface area contributed by atoms with Gasteiger partial charge in [0, 0.05) is 31.9 Å². The zero-order valence-electron chi connectivity index (χ0n) is 14.2. The van der Waals surface area contributed by atoms with Crippen molar-refractivity contribution in [2.45, 2.75) is 37.4 Å². The first kappa shape index (κ1) is 15.9. The van der Waals surface area contributed by atoms with Gasteiger partial charge in [-0.3, -0.25) is 4.79 Å². The maximum atomic E-state index is 12.7. The van der Waals surface area contributed by atoms with E-state index in [1.165, 1.54) is 5.69 Å². The zero-order valence-corrected chi connectivity index (χ0v) is 14.2. The quantitative estimate of drug-likeness (QED) is 0.832. The van der Waals surface area contributed by atoms with E-state index in [0.29, 0.717) is 26.3 Å². The largest absolute Gasteiger partial charge is 0.369 e. The fourth-order valence-corrected chi connectivity index (χ4v) is 4.21. The average Bonchev–Trinajstić information content (AvgIpc) is 3.17. The monoisotopic (exact) mass is 330 g/mol. The third-order valence-electron chi connectivity index (χ3n) is 5.43. The van der Waals surface area contributed by atoms with Crippen LogP contribution < -0.4 is 4.90 Å². The van der Waals surface area contributed by atoms with Crippen LogP contribution in [0, 0.1) is 0 Å². The van der Waals surface area contributed by atoms with E-state index in [2.05, 4.69) is 29.2 Å². The molecule has 1 spiro atoms. The summed E-state index contributed by atoms with van der Waals surface area (Å²) < 4.78 is 11.8. The minimum Gasteiger partial charge on any atom is -0.369 e. The second-order valence-electron chi connectivity index (χ2n) is 7.15. The minimum atomic E-state index is -0.236. The molecule has 2 atom stereocenters. The average molecular weight is 330 g/mol. The van der Waals surface area contributed by atoms with E-state index in [9.17, 15) is 4.79 Å². The van der Waals surface area contributed by atoms with E-state index in [0.717, 1.165) is 38.8 Å². The van der Waals surface area contributed by atoms with Crippen molar-refractivity contribution < 1.29 is 14.3 Å². The Balaban J connectivity index is 1.46. The molecule has 0 radical (unpaired) electrons. The van der Waals surface area contributed by atoms with Gasteiger partial charge in [-0.2, -0.15) is 0 Å². The lowest BCUT2D eigenvalue weighted by atomic mass is 9.90. The number of nitrogens with zero attached hydrogens (tertiary/aromatic N) is 2. The Morgan fingerprint density at radius 3 is 2.75 bits per heavy atom. The first-order chi connectivity index (χ1) is 11.8. The van der Waals surface area contributed by atoms with Gasteiger partial charge in [-0.25, -0.2) is 0 Å². The molecule has 3 fully saturated rings. The molecule has 1 aromatic rings. The minimum absolute atomic E-state index is 0.159. The van der Waals surface area contributed by atoms with Gasteiger partial charge in [0.15, 0.2) is 0 Å². The maximum absolute atomic E-state index is 12.7. The summed E-state index contributed by atoms with van der Waals surface area (Å²) in [5, 5.41) is 0. The molecule has 24 heavy (non-hydrogen) atoms. The van der Waals surface area contributed by atoms with Crippen LogP contribution in [0.2, 0.25) is 0 Å². The Labute approximate surface area is 143 Å². The summed E-state index contributed by atoms with van der Waals surface area (Å²) in [6.45, 7) is 4.62. The topological polar surface area (TPSA) is 42.0 Å². The molecule has 4 rings (SSSR count). The zero-order chi connectivity index (χ0) is 16.4. The molecule has 3 aliphatic rings. The lowest BCUT2D eigenvalue weighted by Gasteiger charge is -2.48. The molecular formula is C19H26N2O3. The van der Waals surface area contributed by atoms with Gasteiger partial charge in [0.05, 0.1) is 13.2 Å². The predicted molar refractivity (Wildman–Crippen MR) is 92.1 cm³/mol. The molecule has 0 unspecified atom stereocenters. The van der Waals surface area contributed by atoms with E-state index >= 15 is 0 Å². The molecule has 130 valence electrons. The summed E-state index contributed by atoms with van der Waals surface area (Å²) in [4.78, 5) is 17.1. The van der Waals surface area contributed by atoms with Crippen molar-refractivity contribution in [1.82, 2.24) is 4.90 Å². The summed E-state index contributed by atoms with van der Waals surface area (Å²) in [6, 6.07) is 10.5. The standard InChI is InChI=1S/C19H26N2O3/c22-18(17-8-4-12-23-17)21-11-13-24-19(15-21)9-5-10-20(14-19)16-6-2-1-3-7-16/h1-3,6-7,17H,4-5,8-15H2/t17-,19+/m1/s1. The van der Waals surface area contributed by atoms with Crippen molar-refractivity contribution in [2.75, 3.05) is 44.3 Å². The van der Waals surface area contributed by atoms with Crippen LogP contribution in [0.15, 0.2) is 30.3 Å². The number of anilines is 1. The Morgan fingerprint density at radius 2 is 1.96 bits per heavy atom. The number of carbonyl (C=O) groups excluding carboxylic acids is 1. The van der Waals surface area contributed by atoms with Crippen molar-refractivity contribution in [3.05, 3.63) is 30.3 Å². The predicted octanol–water partition coefficient (Wildman–Crippen LogP) is 2.06. The van der Waals surface area contributed by atoms with E-state index in [1.807, 2.05) is 11.0 Å². The second kappa shape index (κ2) is 6.73. The molecule has 3 saturated heterocycles. The van der Waals surface area contributed by atoms with Gasteiger partial charge in [0.2, 0.25) is 0 Å². The van der Waals surface area contributed by atoms with Crippen LogP contribution in [0.4, 0.5) is 5.69 Å². The number of carbonyl (C=O) groups is 1. The van der Waals surface area contributed by atoms with Gasteiger partial charge < -0.3 is 19.3 Å². The number of hydrogen-bond donors (Lipinski definition) is 0. The SMILES string of the molecule is O=C([C@H]1CCCO1)N1CCO[C@]2(CCCN(c3ccccc3)C2)C1. The van der Waals surface area contributed by atoms with Gasteiger partial charge >= 0.3 is 0 Å². The number of morpholine rings is 1. The Hall–Kier alpha value is -1.59. The highest BCUT2D eigenvalue weighted by atomic mass is 16.5. The van der Waals surface area contributed by atoms with Crippen LogP contribution in [-0.2, 0) is 14.3 Å². The van der Waals surface area contributed by atoms with Crippen LogP contribution >= 0.6 is 0 Å². The number of hydrogen-bond acceptors (Lipinski definition) is 4. The third kappa shape index (κ3) is 3.15. The smallest absolute Gasteiger partial charge is 0.251 e. The van der Waals surface area contributed by atoms with E-state index in [1.54, 1.807) is 0 Å². The molecule has 0 saturated carbocycles. The van der Waals surface area contributed by atoms with Crippen molar-refractivity contribution in [2.24, 2.45) is 0 Å². The summed E-state index contributed by atoms with van der Waals surface area (Å²) >= 11 is 0. The molecule has 0 bridgehead atoms. The summed E-state index contributed by atoms with van der Waals surface area (Å²) in [7, 11) is 0. The molecule has 0 aliphatic carbocycles. The van der Waals surface area contributed by atoms with E-state index < -0.39 is 0 Å². The van der Waals surface area contributed by atoms with Crippen LogP contribution in [0.1, 0.15) is 25.7 Å². The fraction of sp³-hybridized carbons (Fsp3) is 0.632. The van der Waals surface area contributed by atoms with Gasteiger partial charge in [-0.1, -0.05) is 18.2 Å². The maximum Gasteiger partial charge on any atom is 0.251 e. The molecule has 3 heterocycles. The normalized spacial score (nSPS) is 30.8. The lowest BCUT2D eigenvalue weighted by molar-refractivity contribution is -0.160. The Bertz CT molecular complexity index is 569. The third-order valence-corrected chi connectivity index (χ3v) is 5.43. The molecule has 1 amide bonds. The Kier molecular flexibility index (Phi) is 4.46. The Morgan fingerprint density at radius 1 is 1.08 bits per heavy atom.